The molecule has 134 valence electrons. The van der Waals surface area contributed by atoms with Crippen molar-refractivity contribution >= 4 is 0 Å². The lowest BCUT2D eigenvalue weighted by atomic mass is 9.90. The molecule has 2 nitrogen and oxygen atoms in total. The zero-order chi connectivity index (χ0) is 17.5. The second-order valence-electron chi connectivity index (χ2n) is 7.42. The van der Waals surface area contributed by atoms with Crippen LogP contribution in [0.1, 0.15) is 54.9 Å². The number of rotatable bonds is 7. The molecule has 3 rings (SSSR count). The fourth-order valence-electron chi connectivity index (χ4n) is 3.83. The quantitative estimate of drug-likeness (QED) is 0.762. The predicted octanol–water partition coefficient (Wildman–Crippen LogP) is 4.75. The van der Waals surface area contributed by atoms with Crippen molar-refractivity contribution in [1.82, 2.24) is 10.6 Å². The molecule has 2 heteroatoms. The average Bonchev–Trinajstić information content (AvgIpc) is 2.66. The first-order chi connectivity index (χ1) is 12.2. The van der Waals surface area contributed by atoms with Crippen LogP contribution in [-0.2, 0) is 19.5 Å². The van der Waals surface area contributed by atoms with Crippen LogP contribution >= 0.6 is 0 Å². The van der Waals surface area contributed by atoms with Crippen molar-refractivity contribution in [1.29, 1.82) is 0 Å². The number of hydrogen-bond donors (Lipinski definition) is 2. The van der Waals surface area contributed by atoms with Crippen LogP contribution in [-0.4, -0.2) is 12.1 Å². The van der Waals surface area contributed by atoms with E-state index in [2.05, 4.69) is 73.0 Å². The second kappa shape index (κ2) is 9.17. The van der Waals surface area contributed by atoms with Crippen molar-refractivity contribution in [2.45, 2.75) is 71.1 Å². The summed E-state index contributed by atoms with van der Waals surface area (Å²) in [5, 5.41) is 7.62. The third-order valence-corrected chi connectivity index (χ3v) is 5.42. The lowest BCUT2D eigenvalue weighted by molar-refractivity contribution is 0.281. The van der Waals surface area contributed by atoms with Gasteiger partial charge in [0.15, 0.2) is 0 Å². The highest BCUT2D eigenvalue weighted by atomic mass is 15.0. The molecular formula is C23H32N2. The van der Waals surface area contributed by atoms with Gasteiger partial charge in [-0.05, 0) is 42.9 Å². The van der Waals surface area contributed by atoms with E-state index < -0.39 is 0 Å². The van der Waals surface area contributed by atoms with E-state index in [9.17, 15) is 0 Å². The summed E-state index contributed by atoms with van der Waals surface area (Å²) in [7, 11) is 0. The van der Waals surface area contributed by atoms with Gasteiger partial charge in [-0.1, -0.05) is 73.9 Å². The summed E-state index contributed by atoms with van der Waals surface area (Å²) in [6.07, 6.45) is 6.35. The van der Waals surface area contributed by atoms with Gasteiger partial charge in [0.05, 0.1) is 0 Å². The van der Waals surface area contributed by atoms with Gasteiger partial charge in [0.2, 0.25) is 0 Å². The highest BCUT2D eigenvalue weighted by molar-refractivity contribution is 5.23. The Bertz CT molecular complexity index is 647. The molecule has 0 spiro atoms. The van der Waals surface area contributed by atoms with E-state index in [0.29, 0.717) is 12.1 Å². The van der Waals surface area contributed by atoms with E-state index in [1.807, 2.05) is 0 Å². The van der Waals surface area contributed by atoms with Crippen molar-refractivity contribution in [2.75, 3.05) is 0 Å². The molecule has 1 aliphatic carbocycles. The van der Waals surface area contributed by atoms with Gasteiger partial charge in [0.1, 0.15) is 0 Å². The van der Waals surface area contributed by atoms with Gasteiger partial charge in [0, 0.05) is 25.2 Å². The van der Waals surface area contributed by atoms with Gasteiger partial charge in [-0.25, -0.2) is 0 Å². The highest BCUT2D eigenvalue weighted by Crippen LogP contribution is 2.20. The Morgan fingerprint density at radius 2 is 1.40 bits per heavy atom. The minimum Gasteiger partial charge on any atom is -0.308 e. The highest BCUT2D eigenvalue weighted by Gasteiger charge is 2.24. The summed E-state index contributed by atoms with van der Waals surface area (Å²) in [6, 6.07) is 19.0. The van der Waals surface area contributed by atoms with E-state index in [0.717, 1.165) is 19.5 Å². The topological polar surface area (TPSA) is 24.1 Å². The molecule has 0 aromatic heterocycles. The fourth-order valence-corrected chi connectivity index (χ4v) is 3.83. The Kier molecular flexibility index (Phi) is 6.66. The first kappa shape index (κ1) is 18.2. The van der Waals surface area contributed by atoms with Crippen molar-refractivity contribution in [3.05, 3.63) is 70.8 Å². The minimum absolute atomic E-state index is 0.573. The SMILES string of the molecule is CCc1ccc(CNC2CCCCC2NCc2cccc(C)c2)cc1. The smallest absolute Gasteiger partial charge is 0.0224 e. The van der Waals surface area contributed by atoms with Gasteiger partial charge in [-0.2, -0.15) is 0 Å². The maximum Gasteiger partial charge on any atom is 0.0224 e. The molecule has 0 heterocycles. The molecule has 0 amide bonds. The van der Waals surface area contributed by atoms with Crippen molar-refractivity contribution < 1.29 is 0 Å². The van der Waals surface area contributed by atoms with Gasteiger partial charge in [-0.15, -0.1) is 0 Å². The normalized spacial score (nSPS) is 20.6. The Morgan fingerprint density at radius 3 is 2.00 bits per heavy atom. The van der Waals surface area contributed by atoms with E-state index in [-0.39, 0.29) is 0 Å². The van der Waals surface area contributed by atoms with E-state index >= 15 is 0 Å². The largest absolute Gasteiger partial charge is 0.308 e. The van der Waals surface area contributed by atoms with Gasteiger partial charge in [0.25, 0.3) is 0 Å². The summed E-state index contributed by atoms with van der Waals surface area (Å²) in [5.74, 6) is 0. The molecule has 2 atom stereocenters. The Morgan fingerprint density at radius 1 is 0.800 bits per heavy atom. The maximum atomic E-state index is 3.81. The summed E-state index contributed by atoms with van der Waals surface area (Å²) in [4.78, 5) is 0. The molecular weight excluding hydrogens is 304 g/mol. The molecule has 2 N–H and O–H groups in total. The number of benzene rings is 2. The van der Waals surface area contributed by atoms with Crippen LogP contribution in [0.15, 0.2) is 48.5 Å². The lowest BCUT2D eigenvalue weighted by Crippen LogP contribution is -2.49. The van der Waals surface area contributed by atoms with Crippen molar-refractivity contribution in [3.63, 3.8) is 0 Å². The summed E-state index contributed by atoms with van der Waals surface area (Å²) >= 11 is 0. The van der Waals surface area contributed by atoms with Crippen LogP contribution in [0.3, 0.4) is 0 Å². The molecule has 25 heavy (non-hydrogen) atoms. The van der Waals surface area contributed by atoms with Gasteiger partial charge >= 0.3 is 0 Å². The molecule has 2 unspecified atom stereocenters. The molecule has 2 aromatic rings. The standard InChI is InChI=1S/C23H32N2/c1-3-19-11-13-20(14-12-19)16-24-22-9-4-5-10-23(22)25-17-21-8-6-7-18(2)15-21/h6-8,11-15,22-25H,3-5,9-10,16-17H2,1-2H3. The Balaban J connectivity index is 1.53. The van der Waals surface area contributed by atoms with Crippen LogP contribution in [0.4, 0.5) is 0 Å². The Labute approximate surface area is 153 Å². The zero-order valence-electron chi connectivity index (χ0n) is 15.7. The average molecular weight is 337 g/mol. The number of nitrogens with one attached hydrogen (secondary N) is 2. The summed E-state index contributed by atoms with van der Waals surface area (Å²) < 4.78 is 0. The summed E-state index contributed by atoms with van der Waals surface area (Å²) in [6.45, 7) is 6.31. The van der Waals surface area contributed by atoms with Gasteiger partial charge in [-0.3, -0.25) is 0 Å². The molecule has 0 aliphatic heterocycles. The maximum absolute atomic E-state index is 3.81. The third-order valence-electron chi connectivity index (χ3n) is 5.42. The third kappa shape index (κ3) is 5.42. The second-order valence-corrected chi connectivity index (χ2v) is 7.42. The lowest BCUT2D eigenvalue weighted by Gasteiger charge is -2.33. The van der Waals surface area contributed by atoms with Crippen LogP contribution in [0.5, 0.6) is 0 Å². The van der Waals surface area contributed by atoms with Crippen molar-refractivity contribution in [2.24, 2.45) is 0 Å². The minimum atomic E-state index is 0.573. The predicted molar refractivity (Wildman–Crippen MR) is 107 cm³/mol. The molecule has 0 saturated heterocycles. The van der Waals surface area contributed by atoms with E-state index in [1.165, 1.54) is 47.9 Å². The molecule has 0 radical (unpaired) electrons. The monoisotopic (exact) mass is 336 g/mol. The van der Waals surface area contributed by atoms with Crippen LogP contribution in [0.2, 0.25) is 0 Å². The van der Waals surface area contributed by atoms with Crippen molar-refractivity contribution in [3.8, 4) is 0 Å². The number of hydrogen-bond acceptors (Lipinski definition) is 2. The summed E-state index contributed by atoms with van der Waals surface area (Å²) in [5.41, 5.74) is 5.53. The van der Waals surface area contributed by atoms with E-state index in [4.69, 9.17) is 0 Å². The molecule has 2 aromatic carbocycles. The van der Waals surface area contributed by atoms with Crippen LogP contribution in [0, 0.1) is 6.92 Å². The molecule has 1 fully saturated rings. The van der Waals surface area contributed by atoms with Crippen LogP contribution < -0.4 is 10.6 Å². The first-order valence-corrected chi connectivity index (χ1v) is 9.84. The molecule has 1 saturated carbocycles. The zero-order valence-corrected chi connectivity index (χ0v) is 15.7. The van der Waals surface area contributed by atoms with Crippen LogP contribution in [0.25, 0.3) is 0 Å². The number of aryl methyl sites for hydroxylation is 2. The Hall–Kier alpha value is -1.64. The first-order valence-electron chi connectivity index (χ1n) is 9.84. The fraction of sp³-hybridized carbons (Fsp3) is 0.478. The van der Waals surface area contributed by atoms with E-state index in [1.54, 1.807) is 0 Å². The molecule has 1 aliphatic rings. The molecule has 0 bridgehead atoms. The van der Waals surface area contributed by atoms with Gasteiger partial charge < -0.3 is 10.6 Å².